The maximum absolute atomic E-state index is 6.10. The van der Waals surface area contributed by atoms with Gasteiger partial charge in [-0.15, -0.1) is 11.3 Å². The molecule has 0 spiro atoms. The standard InChI is InChI=1S/C14H20N4OS/c1-10-17-13-9-12(11(15)8-14(13)20-10)16-2-3-18-4-6-19-7-5-18/h8-9,16H,2-7,15H2,1H3. The van der Waals surface area contributed by atoms with E-state index >= 15 is 0 Å². The number of nitrogens with one attached hydrogen (secondary N) is 1. The normalized spacial score (nSPS) is 16.6. The van der Waals surface area contributed by atoms with Gasteiger partial charge in [-0.2, -0.15) is 0 Å². The Balaban J connectivity index is 1.62. The molecule has 1 fully saturated rings. The minimum Gasteiger partial charge on any atom is -0.397 e. The molecule has 1 saturated heterocycles. The second-order valence-corrected chi connectivity index (χ2v) is 6.26. The Bertz CT molecular complexity index is 592. The fraction of sp³-hybridized carbons (Fsp3) is 0.500. The lowest BCUT2D eigenvalue weighted by molar-refractivity contribution is 0.0398. The zero-order valence-electron chi connectivity index (χ0n) is 11.7. The minimum absolute atomic E-state index is 0.795. The number of rotatable bonds is 4. The first-order valence-electron chi connectivity index (χ1n) is 6.93. The van der Waals surface area contributed by atoms with E-state index < -0.39 is 0 Å². The number of hydrogen-bond acceptors (Lipinski definition) is 6. The maximum Gasteiger partial charge on any atom is 0.0907 e. The highest BCUT2D eigenvalue weighted by atomic mass is 32.1. The molecule has 1 aromatic carbocycles. The first-order valence-corrected chi connectivity index (χ1v) is 7.74. The van der Waals surface area contributed by atoms with Crippen LogP contribution in [-0.4, -0.2) is 49.3 Å². The highest BCUT2D eigenvalue weighted by molar-refractivity contribution is 7.18. The molecule has 5 nitrogen and oxygen atoms in total. The Morgan fingerprint density at radius 3 is 3.00 bits per heavy atom. The van der Waals surface area contributed by atoms with Crippen LogP contribution < -0.4 is 11.1 Å². The molecular weight excluding hydrogens is 272 g/mol. The van der Waals surface area contributed by atoms with Gasteiger partial charge < -0.3 is 15.8 Å². The third-order valence-corrected chi connectivity index (χ3v) is 4.45. The van der Waals surface area contributed by atoms with E-state index in [2.05, 4.69) is 15.2 Å². The molecule has 2 aromatic rings. The highest BCUT2D eigenvalue weighted by Gasteiger charge is 2.10. The van der Waals surface area contributed by atoms with Crippen molar-refractivity contribution in [1.82, 2.24) is 9.88 Å². The van der Waals surface area contributed by atoms with Crippen molar-refractivity contribution in [2.24, 2.45) is 0 Å². The summed E-state index contributed by atoms with van der Waals surface area (Å²) in [6.07, 6.45) is 0. The summed E-state index contributed by atoms with van der Waals surface area (Å²) in [6.45, 7) is 7.63. The van der Waals surface area contributed by atoms with Crippen LogP contribution in [0.3, 0.4) is 0 Å². The molecule has 3 rings (SSSR count). The van der Waals surface area contributed by atoms with Crippen molar-refractivity contribution in [3.05, 3.63) is 17.1 Å². The summed E-state index contributed by atoms with van der Waals surface area (Å²) in [5.74, 6) is 0. The number of ether oxygens (including phenoxy) is 1. The third-order valence-electron chi connectivity index (χ3n) is 3.51. The van der Waals surface area contributed by atoms with Crippen molar-refractivity contribution < 1.29 is 4.74 Å². The van der Waals surface area contributed by atoms with E-state index in [0.717, 1.165) is 66.0 Å². The van der Waals surface area contributed by atoms with Crippen LogP contribution in [0, 0.1) is 6.92 Å². The summed E-state index contributed by atoms with van der Waals surface area (Å²) in [7, 11) is 0. The van der Waals surface area contributed by atoms with Crippen molar-refractivity contribution >= 4 is 32.9 Å². The topological polar surface area (TPSA) is 63.4 Å². The van der Waals surface area contributed by atoms with Gasteiger partial charge in [0.05, 0.1) is 39.8 Å². The van der Waals surface area contributed by atoms with Crippen LogP contribution in [0.15, 0.2) is 12.1 Å². The van der Waals surface area contributed by atoms with Crippen molar-refractivity contribution in [1.29, 1.82) is 0 Å². The van der Waals surface area contributed by atoms with Crippen LogP contribution in [-0.2, 0) is 4.74 Å². The number of hydrogen-bond donors (Lipinski definition) is 2. The van der Waals surface area contributed by atoms with Gasteiger partial charge in [-0.3, -0.25) is 4.90 Å². The molecule has 0 atom stereocenters. The Labute approximate surface area is 122 Å². The molecule has 0 unspecified atom stereocenters. The van der Waals surface area contributed by atoms with Crippen LogP contribution in [0.25, 0.3) is 10.2 Å². The Kier molecular flexibility index (Phi) is 4.05. The number of nitrogens with zero attached hydrogens (tertiary/aromatic N) is 2. The largest absolute Gasteiger partial charge is 0.397 e. The third kappa shape index (κ3) is 3.03. The lowest BCUT2D eigenvalue weighted by Gasteiger charge is -2.26. The highest BCUT2D eigenvalue weighted by Crippen LogP contribution is 2.29. The molecule has 0 aliphatic carbocycles. The van der Waals surface area contributed by atoms with Crippen molar-refractivity contribution in [2.75, 3.05) is 50.4 Å². The summed E-state index contributed by atoms with van der Waals surface area (Å²) in [4.78, 5) is 6.91. The molecule has 0 radical (unpaired) electrons. The van der Waals surface area contributed by atoms with E-state index in [9.17, 15) is 0 Å². The van der Waals surface area contributed by atoms with Crippen molar-refractivity contribution in [3.8, 4) is 0 Å². The minimum atomic E-state index is 0.795. The number of nitrogens with two attached hydrogens (primary N) is 1. The number of nitrogen functional groups attached to an aromatic ring is 1. The summed E-state index contributed by atoms with van der Waals surface area (Å²) in [5.41, 5.74) is 8.90. The van der Waals surface area contributed by atoms with Gasteiger partial charge in [-0.1, -0.05) is 0 Å². The molecule has 108 valence electrons. The summed E-state index contributed by atoms with van der Waals surface area (Å²) in [5, 5.41) is 4.49. The van der Waals surface area contributed by atoms with Gasteiger partial charge in [0, 0.05) is 26.2 Å². The Hall–Kier alpha value is -1.37. The van der Waals surface area contributed by atoms with Gasteiger partial charge in [-0.25, -0.2) is 4.98 Å². The summed E-state index contributed by atoms with van der Waals surface area (Å²) >= 11 is 1.68. The van der Waals surface area contributed by atoms with Gasteiger partial charge in [0.25, 0.3) is 0 Å². The Morgan fingerprint density at radius 2 is 2.20 bits per heavy atom. The predicted molar refractivity (Wildman–Crippen MR) is 84.5 cm³/mol. The van der Waals surface area contributed by atoms with Crippen molar-refractivity contribution in [3.63, 3.8) is 0 Å². The van der Waals surface area contributed by atoms with Crippen LogP contribution in [0.5, 0.6) is 0 Å². The van der Waals surface area contributed by atoms with E-state index in [1.807, 2.05) is 19.1 Å². The molecule has 6 heteroatoms. The van der Waals surface area contributed by atoms with Gasteiger partial charge in [0.1, 0.15) is 0 Å². The van der Waals surface area contributed by atoms with E-state index in [4.69, 9.17) is 10.5 Å². The number of morpholine rings is 1. The zero-order valence-corrected chi connectivity index (χ0v) is 12.5. The quantitative estimate of drug-likeness (QED) is 0.843. The molecular formula is C14H20N4OS. The molecule has 2 heterocycles. The van der Waals surface area contributed by atoms with E-state index in [1.165, 1.54) is 0 Å². The van der Waals surface area contributed by atoms with Gasteiger partial charge in [0.15, 0.2) is 0 Å². The average molecular weight is 292 g/mol. The van der Waals surface area contributed by atoms with Gasteiger partial charge >= 0.3 is 0 Å². The first-order chi connectivity index (χ1) is 9.72. The lowest BCUT2D eigenvalue weighted by atomic mass is 10.2. The van der Waals surface area contributed by atoms with E-state index in [0.29, 0.717) is 0 Å². The molecule has 1 aromatic heterocycles. The number of aromatic nitrogens is 1. The first kappa shape index (κ1) is 13.6. The van der Waals surface area contributed by atoms with Crippen LogP contribution in [0.1, 0.15) is 5.01 Å². The Morgan fingerprint density at radius 1 is 1.40 bits per heavy atom. The summed E-state index contributed by atoms with van der Waals surface area (Å²) in [6, 6.07) is 4.06. The zero-order chi connectivity index (χ0) is 13.9. The fourth-order valence-electron chi connectivity index (χ4n) is 2.43. The van der Waals surface area contributed by atoms with Gasteiger partial charge in [0.2, 0.25) is 0 Å². The van der Waals surface area contributed by atoms with Crippen LogP contribution >= 0.6 is 11.3 Å². The van der Waals surface area contributed by atoms with E-state index in [1.54, 1.807) is 11.3 Å². The number of benzene rings is 1. The molecule has 0 bridgehead atoms. The molecule has 1 aliphatic heterocycles. The number of thiazole rings is 1. The summed E-state index contributed by atoms with van der Waals surface area (Å²) < 4.78 is 6.50. The average Bonchev–Trinajstić information content (AvgIpc) is 2.79. The second kappa shape index (κ2) is 5.95. The van der Waals surface area contributed by atoms with E-state index in [-0.39, 0.29) is 0 Å². The fourth-order valence-corrected chi connectivity index (χ4v) is 3.29. The molecule has 3 N–H and O–H groups in total. The monoisotopic (exact) mass is 292 g/mol. The van der Waals surface area contributed by atoms with Crippen molar-refractivity contribution in [2.45, 2.75) is 6.92 Å². The SMILES string of the molecule is Cc1nc2cc(NCCN3CCOCC3)c(N)cc2s1. The number of fused-ring (bicyclic) bond motifs is 1. The lowest BCUT2D eigenvalue weighted by Crippen LogP contribution is -2.39. The van der Waals surface area contributed by atoms with Crippen LogP contribution in [0.4, 0.5) is 11.4 Å². The van der Waals surface area contributed by atoms with Gasteiger partial charge in [-0.05, 0) is 19.1 Å². The molecule has 0 amide bonds. The molecule has 1 aliphatic rings. The van der Waals surface area contributed by atoms with Crippen LogP contribution in [0.2, 0.25) is 0 Å². The predicted octanol–water partition coefficient (Wildman–Crippen LogP) is 1.93. The second-order valence-electron chi connectivity index (χ2n) is 5.02. The smallest absolute Gasteiger partial charge is 0.0907 e. The molecule has 20 heavy (non-hydrogen) atoms. The number of aryl methyl sites for hydroxylation is 1. The number of anilines is 2. The molecule has 0 saturated carbocycles. The maximum atomic E-state index is 6.10.